The summed E-state index contributed by atoms with van der Waals surface area (Å²) >= 11 is 0. The molecule has 1 aliphatic carbocycles. The standard InChI is InChI=1S/C9H5F6NO4S/c10-8(11,12)5-2-1-4(21(18,19)20)3-6(5)16-7(17)9(13,14)15/h1-3,5H,(H,18,19,20). The minimum atomic E-state index is -5.52. The topological polar surface area (TPSA) is 83.8 Å². The smallest absolute Gasteiger partial charge is 0.282 e. The highest BCUT2D eigenvalue weighted by atomic mass is 32.2. The van der Waals surface area contributed by atoms with Crippen molar-refractivity contribution in [2.75, 3.05) is 0 Å². The molecule has 0 spiro atoms. The number of carbonyl (C=O) groups is 1. The molecule has 0 saturated carbocycles. The lowest BCUT2D eigenvalue weighted by Crippen LogP contribution is -2.32. The van der Waals surface area contributed by atoms with E-state index in [9.17, 15) is 39.6 Å². The van der Waals surface area contributed by atoms with E-state index in [1.807, 2.05) is 0 Å². The molecule has 5 nitrogen and oxygen atoms in total. The highest BCUT2D eigenvalue weighted by Crippen LogP contribution is 2.33. The summed E-state index contributed by atoms with van der Waals surface area (Å²) in [5.74, 6) is -5.53. The number of hydrogen-bond donors (Lipinski definition) is 1. The van der Waals surface area contributed by atoms with Crippen LogP contribution >= 0.6 is 0 Å². The predicted molar refractivity (Wildman–Crippen MR) is 56.8 cm³/mol. The van der Waals surface area contributed by atoms with Gasteiger partial charge < -0.3 is 0 Å². The summed E-state index contributed by atoms with van der Waals surface area (Å²) in [5, 5.41) is 0. The Labute approximate surface area is 113 Å². The summed E-state index contributed by atoms with van der Waals surface area (Å²) in [6.07, 6.45) is -10.0. The number of allylic oxidation sites excluding steroid dienone is 3. The zero-order valence-corrected chi connectivity index (χ0v) is 10.4. The third-order valence-corrected chi connectivity index (χ3v) is 3.04. The summed E-state index contributed by atoms with van der Waals surface area (Å²) in [7, 11) is -4.97. The van der Waals surface area contributed by atoms with Crippen molar-refractivity contribution < 1.29 is 44.1 Å². The van der Waals surface area contributed by atoms with Gasteiger partial charge in [-0.3, -0.25) is 9.35 Å². The van der Waals surface area contributed by atoms with Crippen molar-refractivity contribution in [3.05, 3.63) is 23.1 Å². The van der Waals surface area contributed by atoms with E-state index in [1.54, 1.807) is 0 Å². The molecule has 0 radical (unpaired) electrons. The molecule has 1 atom stereocenters. The maximum absolute atomic E-state index is 12.6. The Morgan fingerprint density at radius 1 is 1.19 bits per heavy atom. The van der Waals surface area contributed by atoms with Gasteiger partial charge in [-0.1, -0.05) is 6.08 Å². The van der Waals surface area contributed by atoms with E-state index in [2.05, 4.69) is 4.99 Å². The zero-order chi connectivity index (χ0) is 16.6. The van der Waals surface area contributed by atoms with Gasteiger partial charge in [0.1, 0.15) is 5.92 Å². The quantitative estimate of drug-likeness (QED) is 0.586. The number of carbonyl (C=O) groups excluding carboxylic acids is 1. The molecule has 0 aromatic carbocycles. The second kappa shape index (κ2) is 5.26. The first kappa shape index (κ1) is 17.4. The molecule has 1 rings (SSSR count). The number of amides is 1. The van der Waals surface area contributed by atoms with Crippen molar-refractivity contribution >= 4 is 21.7 Å². The third kappa shape index (κ3) is 4.39. The van der Waals surface area contributed by atoms with Crippen LogP contribution in [-0.2, 0) is 14.9 Å². The highest BCUT2D eigenvalue weighted by Gasteiger charge is 2.45. The van der Waals surface area contributed by atoms with Gasteiger partial charge in [-0.15, -0.1) is 0 Å². The van der Waals surface area contributed by atoms with E-state index in [-0.39, 0.29) is 12.2 Å². The van der Waals surface area contributed by atoms with E-state index in [4.69, 9.17) is 4.55 Å². The fourth-order valence-electron chi connectivity index (χ4n) is 1.29. The first-order chi connectivity index (χ1) is 9.23. The van der Waals surface area contributed by atoms with Gasteiger partial charge in [0.2, 0.25) is 0 Å². The molecule has 0 aromatic heterocycles. The van der Waals surface area contributed by atoms with E-state index in [0.29, 0.717) is 6.08 Å². The number of aliphatic imine (C=N–C) groups is 1. The van der Waals surface area contributed by atoms with Crippen molar-refractivity contribution in [2.24, 2.45) is 10.9 Å². The molecule has 0 aliphatic heterocycles. The Morgan fingerprint density at radius 2 is 1.71 bits per heavy atom. The summed E-state index contributed by atoms with van der Waals surface area (Å²) in [5.41, 5.74) is -1.49. The van der Waals surface area contributed by atoms with Crippen LogP contribution in [0.25, 0.3) is 0 Å². The van der Waals surface area contributed by atoms with Crippen LogP contribution in [0.2, 0.25) is 0 Å². The number of alkyl halides is 6. The Hall–Kier alpha value is -1.69. The van der Waals surface area contributed by atoms with Gasteiger partial charge in [0.15, 0.2) is 0 Å². The summed E-state index contributed by atoms with van der Waals surface area (Å²) in [6, 6.07) is 0. The van der Waals surface area contributed by atoms with Gasteiger partial charge in [0, 0.05) is 0 Å². The van der Waals surface area contributed by atoms with Crippen LogP contribution in [-0.4, -0.2) is 36.9 Å². The zero-order valence-electron chi connectivity index (χ0n) is 9.60. The predicted octanol–water partition coefficient (Wildman–Crippen LogP) is 2.04. The van der Waals surface area contributed by atoms with Crippen molar-refractivity contribution in [1.82, 2.24) is 0 Å². The van der Waals surface area contributed by atoms with E-state index >= 15 is 0 Å². The molecule has 0 aromatic rings. The first-order valence-electron chi connectivity index (χ1n) is 4.87. The number of halogens is 6. The lowest BCUT2D eigenvalue weighted by molar-refractivity contribution is -0.169. The molecule has 0 heterocycles. The third-order valence-electron chi connectivity index (χ3n) is 2.19. The molecular formula is C9H5F6NO4S. The van der Waals surface area contributed by atoms with E-state index in [0.717, 1.165) is 0 Å². The SMILES string of the molecule is O=C(N=C1C=C(S(=O)(=O)O)C=CC1C(F)(F)F)C(F)(F)F. The van der Waals surface area contributed by atoms with Crippen LogP contribution in [0.1, 0.15) is 0 Å². The fourth-order valence-corrected chi connectivity index (χ4v) is 1.81. The average molecular weight is 337 g/mol. The molecular weight excluding hydrogens is 332 g/mol. The lowest BCUT2D eigenvalue weighted by atomic mass is 9.97. The summed E-state index contributed by atoms with van der Waals surface area (Å²) < 4.78 is 104. The highest BCUT2D eigenvalue weighted by molar-refractivity contribution is 7.90. The van der Waals surface area contributed by atoms with Gasteiger partial charge in [0.25, 0.3) is 10.1 Å². The molecule has 1 unspecified atom stereocenters. The van der Waals surface area contributed by atoms with Crippen LogP contribution in [0.3, 0.4) is 0 Å². The van der Waals surface area contributed by atoms with Crippen LogP contribution < -0.4 is 0 Å². The van der Waals surface area contributed by atoms with E-state index in [1.165, 1.54) is 0 Å². The molecule has 0 saturated heterocycles. The maximum Gasteiger partial charge on any atom is 0.473 e. The van der Waals surface area contributed by atoms with Crippen LogP contribution in [0.5, 0.6) is 0 Å². The molecule has 0 fully saturated rings. The molecule has 1 N–H and O–H groups in total. The Bertz CT molecular complexity index is 640. The monoisotopic (exact) mass is 337 g/mol. The Balaban J connectivity index is 3.38. The lowest BCUT2D eigenvalue weighted by Gasteiger charge is -2.20. The van der Waals surface area contributed by atoms with Gasteiger partial charge in [-0.2, -0.15) is 34.8 Å². The van der Waals surface area contributed by atoms with Gasteiger partial charge >= 0.3 is 18.3 Å². The number of hydrogen-bond acceptors (Lipinski definition) is 3. The second-order valence-electron chi connectivity index (χ2n) is 3.74. The van der Waals surface area contributed by atoms with E-state index < -0.39 is 44.9 Å². The maximum atomic E-state index is 12.6. The first-order valence-corrected chi connectivity index (χ1v) is 6.31. The van der Waals surface area contributed by atoms with Crippen molar-refractivity contribution in [3.63, 3.8) is 0 Å². The summed E-state index contributed by atoms with van der Waals surface area (Å²) in [6.45, 7) is 0. The fraction of sp³-hybridized carbons (Fsp3) is 0.333. The second-order valence-corrected chi connectivity index (χ2v) is 5.16. The Morgan fingerprint density at radius 3 is 2.10 bits per heavy atom. The number of nitrogens with zero attached hydrogens (tertiary/aromatic N) is 1. The Kier molecular flexibility index (Phi) is 4.34. The van der Waals surface area contributed by atoms with Crippen molar-refractivity contribution in [2.45, 2.75) is 12.4 Å². The normalized spacial score (nSPS) is 22.3. The molecule has 12 heteroatoms. The molecule has 0 bridgehead atoms. The summed E-state index contributed by atoms with van der Waals surface area (Å²) in [4.78, 5) is 11.8. The van der Waals surface area contributed by atoms with Gasteiger partial charge in [0.05, 0.1) is 10.6 Å². The number of rotatable bonds is 1. The van der Waals surface area contributed by atoms with Crippen LogP contribution in [0.4, 0.5) is 26.3 Å². The van der Waals surface area contributed by atoms with Crippen LogP contribution in [0.15, 0.2) is 28.1 Å². The molecule has 118 valence electrons. The van der Waals surface area contributed by atoms with Crippen LogP contribution in [0, 0.1) is 5.92 Å². The molecule has 1 aliphatic rings. The van der Waals surface area contributed by atoms with Gasteiger partial charge in [-0.25, -0.2) is 4.99 Å². The average Bonchev–Trinajstić information content (AvgIpc) is 2.24. The molecule has 21 heavy (non-hydrogen) atoms. The van der Waals surface area contributed by atoms with Crippen molar-refractivity contribution in [3.8, 4) is 0 Å². The minimum absolute atomic E-state index is 0.0527. The largest absolute Gasteiger partial charge is 0.473 e. The molecule has 1 amide bonds. The van der Waals surface area contributed by atoms with Crippen molar-refractivity contribution in [1.29, 1.82) is 0 Å². The van der Waals surface area contributed by atoms with Gasteiger partial charge in [-0.05, 0) is 12.2 Å². The minimum Gasteiger partial charge on any atom is -0.282 e.